The zero-order chi connectivity index (χ0) is 14.7. The van der Waals surface area contributed by atoms with E-state index in [1.165, 1.54) is 12.1 Å². The standard InChI is InChI=1S/C15H14BrClFNO/c1-19-15(12-7-9(18)3-6-13(12)16)11-5-4-10(20-2)8-14(11)17/h3-8,15,19H,1-2H3. The highest BCUT2D eigenvalue weighted by Gasteiger charge is 2.18. The summed E-state index contributed by atoms with van der Waals surface area (Å²) >= 11 is 9.74. The summed E-state index contributed by atoms with van der Waals surface area (Å²) in [4.78, 5) is 0. The van der Waals surface area contributed by atoms with Crippen LogP contribution in [-0.4, -0.2) is 14.2 Å². The normalized spacial score (nSPS) is 12.2. The van der Waals surface area contributed by atoms with Crippen molar-refractivity contribution >= 4 is 27.5 Å². The monoisotopic (exact) mass is 357 g/mol. The maximum atomic E-state index is 13.5. The number of hydrogen-bond donors (Lipinski definition) is 1. The van der Waals surface area contributed by atoms with Crippen LogP contribution in [0.3, 0.4) is 0 Å². The fourth-order valence-corrected chi connectivity index (χ4v) is 2.84. The van der Waals surface area contributed by atoms with E-state index in [0.717, 1.165) is 15.6 Å². The van der Waals surface area contributed by atoms with Gasteiger partial charge in [-0.15, -0.1) is 0 Å². The van der Waals surface area contributed by atoms with E-state index in [1.54, 1.807) is 19.2 Å². The second kappa shape index (κ2) is 6.57. The zero-order valence-electron chi connectivity index (χ0n) is 11.1. The topological polar surface area (TPSA) is 21.3 Å². The van der Waals surface area contributed by atoms with Crippen molar-refractivity contribution in [1.82, 2.24) is 5.32 Å². The lowest BCUT2D eigenvalue weighted by atomic mass is 9.98. The molecule has 0 aromatic heterocycles. The highest BCUT2D eigenvalue weighted by molar-refractivity contribution is 9.10. The first-order chi connectivity index (χ1) is 9.56. The Morgan fingerprint density at radius 3 is 2.55 bits per heavy atom. The van der Waals surface area contributed by atoms with Gasteiger partial charge >= 0.3 is 0 Å². The van der Waals surface area contributed by atoms with Crippen molar-refractivity contribution in [2.24, 2.45) is 0 Å². The van der Waals surface area contributed by atoms with Crippen molar-refractivity contribution in [1.29, 1.82) is 0 Å². The molecule has 1 unspecified atom stereocenters. The van der Waals surface area contributed by atoms with Crippen LogP contribution >= 0.6 is 27.5 Å². The number of nitrogens with one attached hydrogen (secondary N) is 1. The van der Waals surface area contributed by atoms with E-state index >= 15 is 0 Å². The summed E-state index contributed by atoms with van der Waals surface area (Å²) in [6, 6.07) is 9.83. The molecule has 0 amide bonds. The van der Waals surface area contributed by atoms with Gasteiger partial charge in [0.05, 0.1) is 13.2 Å². The van der Waals surface area contributed by atoms with Crippen LogP contribution in [0.1, 0.15) is 17.2 Å². The number of benzene rings is 2. The van der Waals surface area contributed by atoms with E-state index in [4.69, 9.17) is 16.3 Å². The van der Waals surface area contributed by atoms with Gasteiger partial charge in [-0.05, 0) is 48.5 Å². The molecule has 0 fully saturated rings. The van der Waals surface area contributed by atoms with Gasteiger partial charge in [0.15, 0.2) is 0 Å². The maximum Gasteiger partial charge on any atom is 0.123 e. The third-order valence-electron chi connectivity index (χ3n) is 3.08. The van der Waals surface area contributed by atoms with Gasteiger partial charge < -0.3 is 10.1 Å². The van der Waals surface area contributed by atoms with Gasteiger partial charge in [-0.25, -0.2) is 4.39 Å². The minimum atomic E-state index is -0.284. The number of methoxy groups -OCH3 is 1. The predicted octanol–water partition coefficient (Wildman–Crippen LogP) is 4.56. The molecule has 0 radical (unpaired) electrons. The molecule has 2 aromatic rings. The average Bonchev–Trinajstić information content (AvgIpc) is 2.44. The predicted molar refractivity (Wildman–Crippen MR) is 83.0 cm³/mol. The molecule has 0 saturated heterocycles. The molecule has 0 saturated carbocycles. The lowest BCUT2D eigenvalue weighted by molar-refractivity contribution is 0.414. The van der Waals surface area contributed by atoms with Gasteiger partial charge in [-0.2, -0.15) is 0 Å². The Morgan fingerprint density at radius 1 is 1.20 bits per heavy atom. The molecule has 0 heterocycles. The maximum absolute atomic E-state index is 13.5. The van der Waals surface area contributed by atoms with Crippen molar-refractivity contribution in [2.75, 3.05) is 14.2 Å². The smallest absolute Gasteiger partial charge is 0.123 e. The summed E-state index contributed by atoms with van der Waals surface area (Å²) in [6.07, 6.45) is 0. The van der Waals surface area contributed by atoms with E-state index in [9.17, 15) is 4.39 Å². The van der Waals surface area contributed by atoms with E-state index in [2.05, 4.69) is 21.2 Å². The van der Waals surface area contributed by atoms with Gasteiger partial charge in [-0.3, -0.25) is 0 Å². The quantitative estimate of drug-likeness (QED) is 0.865. The summed E-state index contributed by atoms with van der Waals surface area (Å²) < 4.78 is 19.4. The highest BCUT2D eigenvalue weighted by Crippen LogP contribution is 2.34. The first-order valence-electron chi connectivity index (χ1n) is 6.02. The first-order valence-corrected chi connectivity index (χ1v) is 7.19. The van der Waals surface area contributed by atoms with Crippen LogP contribution in [0.25, 0.3) is 0 Å². The van der Waals surface area contributed by atoms with Crippen LogP contribution in [0.15, 0.2) is 40.9 Å². The molecule has 1 atom stereocenters. The van der Waals surface area contributed by atoms with Crippen LogP contribution in [0.2, 0.25) is 5.02 Å². The fraction of sp³-hybridized carbons (Fsp3) is 0.200. The van der Waals surface area contributed by atoms with E-state index in [0.29, 0.717) is 10.8 Å². The SMILES string of the molecule is CNC(c1ccc(OC)cc1Cl)c1cc(F)ccc1Br. The minimum Gasteiger partial charge on any atom is -0.497 e. The Balaban J connectivity index is 2.49. The molecule has 5 heteroatoms. The number of halogens is 3. The molecule has 0 aliphatic heterocycles. The lowest BCUT2D eigenvalue weighted by Crippen LogP contribution is -2.18. The molecule has 20 heavy (non-hydrogen) atoms. The Kier molecular flexibility index (Phi) is 5.02. The van der Waals surface area contributed by atoms with Crippen LogP contribution < -0.4 is 10.1 Å². The van der Waals surface area contributed by atoms with Gasteiger partial charge in [0.25, 0.3) is 0 Å². The molecule has 0 bridgehead atoms. The molecule has 0 aliphatic rings. The van der Waals surface area contributed by atoms with Crippen LogP contribution in [-0.2, 0) is 0 Å². The van der Waals surface area contributed by atoms with Crippen LogP contribution in [0.4, 0.5) is 4.39 Å². The Morgan fingerprint density at radius 2 is 1.95 bits per heavy atom. The minimum absolute atomic E-state index is 0.210. The number of rotatable bonds is 4. The molecular formula is C15H14BrClFNO. The third kappa shape index (κ3) is 3.14. The Bertz CT molecular complexity index is 621. The third-order valence-corrected chi connectivity index (χ3v) is 4.13. The largest absolute Gasteiger partial charge is 0.497 e. The van der Waals surface area contributed by atoms with Gasteiger partial charge in [0, 0.05) is 9.50 Å². The van der Waals surface area contributed by atoms with Gasteiger partial charge in [0.1, 0.15) is 11.6 Å². The second-order valence-electron chi connectivity index (χ2n) is 4.27. The second-order valence-corrected chi connectivity index (χ2v) is 5.54. The Hall–Kier alpha value is -1.10. The number of ether oxygens (including phenoxy) is 1. The summed E-state index contributed by atoms with van der Waals surface area (Å²) in [5.74, 6) is 0.403. The molecular weight excluding hydrogens is 345 g/mol. The van der Waals surface area contributed by atoms with E-state index in [1.807, 2.05) is 19.2 Å². The summed E-state index contributed by atoms with van der Waals surface area (Å²) in [7, 11) is 3.40. The summed E-state index contributed by atoms with van der Waals surface area (Å²) in [5, 5.41) is 3.73. The lowest BCUT2D eigenvalue weighted by Gasteiger charge is -2.20. The molecule has 1 N–H and O–H groups in total. The molecule has 106 valence electrons. The molecule has 2 rings (SSSR count). The zero-order valence-corrected chi connectivity index (χ0v) is 13.4. The summed E-state index contributed by atoms with van der Waals surface area (Å²) in [6.45, 7) is 0. The van der Waals surface area contributed by atoms with E-state index < -0.39 is 0 Å². The van der Waals surface area contributed by atoms with Gasteiger partial charge in [-0.1, -0.05) is 33.6 Å². The summed E-state index contributed by atoms with van der Waals surface area (Å²) in [5.41, 5.74) is 1.65. The number of hydrogen-bond acceptors (Lipinski definition) is 2. The fourth-order valence-electron chi connectivity index (χ4n) is 2.08. The van der Waals surface area contributed by atoms with Crippen LogP contribution in [0, 0.1) is 5.82 Å². The highest BCUT2D eigenvalue weighted by atomic mass is 79.9. The van der Waals surface area contributed by atoms with Crippen molar-refractivity contribution in [3.05, 3.63) is 62.8 Å². The van der Waals surface area contributed by atoms with Gasteiger partial charge in [0.2, 0.25) is 0 Å². The average molecular weight is 359 g/mol. The Labute approximate surface area is 131 Å². The molecule has 2 nitrogen and oxygen atoms in total. The van der Waals surface area contributed by atoms with Crippen molar-refractivity contribution in [3.63, 3.8) is 0 Å². The first kappa shape index (κ1) is 15.3. The van der Waals surface area contributed by atoms with E-state index in [-0.39, 0.29) is 11.9 Å². The van der Waals surface area contributed by atoms with Crippen molar-refractivity contribution in [2.45, 2.75) is 6.04 Å². The van der Waals surface area contributed by atoms with Crippen LogP contribution in [0.5, 0.6) is 5.75 Å². The molecule has 2 aromatic carbocycles. The van der Waals surface area contributed by atoms with Crippen molar-refractivity contribution in [3.8, 4) is 5.75 Å². The van der Waals surface area contributed by atoms with Crippen molar-refractivity contribution < 1.29 is 9.13 Å². The molecule has 0 spiro atoms. The molecule has 0 aliphatic carbocycles.